The molecule has 0 bridgehead atoms. The number of hydrogen-bond acceptors (Lipinski definition) is 5. The van der Waals surface area contributed by atoms with Crippen LogP contribution in [0, 0.1) is 0 Å². The highest BCUT2D eigenvalue weighted by atomic mass is 16.5. The van der Waals surface area contributed by atoms with Crippen molar-refractivity contribution in [3.05, 3.63) is 60.3 Å². The Morgan fingerprint density at radius 2 is 1.87 bits per heavy atom. The Morgan fingerprint density at radius 3 is 2.63 bits per heavy atom. The predicted molar refractivity (Wildman–Crippen MR) is 119 cm³/mol. The topological polar surface area (TPSA) is 69.7 Å². The van der Waals surface area contributed by atoms with E-state index in [0.29, 0.717) is 23.8 Å². The minimum Gasteiger partial charge on any atom is -0.493 e. The fraction of sp³-hybridized carbons (Fsp3) is 0.250. The quantitative estimate of drug-likeness (QED) is 0.396. The zero-order valence-electron chi connectivity index (χ0n) is 17.5. The Morgan fingerprint density at radius 1 is 1.07 bits per heavy atom. The zero-order chi connectivity index (χ0) is 21.3. The lowest BCUT2D eigenvalue weighted by Crippen LogP contribution is -2.08. The molecule has 1 N–H and O–H groups in total. The lowest BCUT2D eigenvalue weighted by atomic mass is 10.1. The van der Waals surface area contributed by atoms with Gasteiger partial charge in [0.2, 0.25) is 5.91 Å². The number of nitrogens with zero attached hydrogens (tertiary/aromatic N) is 1. The Hall–Kier alpha value is -3.54. The molecule has 1 heterocycles. The summed E-state index contributed by atoms with van der Waals surface area (Å²) in [6.07, 6.45) is 6.96. The molecule has 0 radical (unpaired) electrons. The first kappa shape index (κ1) is 21.2. The van der Waals surface area contributed by atoms with E-state index in [9.17, 15) is 4.79 Å². The average Bonchev–Trinajstić information content (AvgIpc) is 2.79. The monoisotopic (exact) mass is 406 g/mol. The third kappa shape index (κ3) is 5.08. The number of carbonyl (C=O) groups excluding carboxylic acids is 1. The van der Waals surface area contributed by atoms with Crippen molar-refractivity contribution in [2.75, 3.05) is 26.1 Å². The molecule has 0 spiro atoms. The number of anilines is 1. The summed E-state index contributed by atoms with van der Waals surface area (Å²) in [6, 6.07) is 12.9. The number of amides is 1. The van der Waals surface area contributed by atoms with Crippen LogP contribution in [-0.4, -0.2) is 31.7 Å². The summed E-state index contributed by atoms with van der Waals surface area (Å²) >= 11 is 0. The average molecular weight is 406 g/mol. The van der Waals surface area contributed by atoms with Crippen LogP contribution >= 0.6 is 0 Å². The Kier molecular flexibility index (Phi) is 7.27. The maximum atomic E-state index is 12.5. The lowest BCUT2D eigenvalue weighted by molar-refractivity contribution is -0.111. The molecule has 0 aliphatic carbocycles. The van der Waals surface area contributed by atoms with Crippen molar-refractivity contribution in [3.8, 4) is 17.2 Å². The fourth-order valence-corrected chi connectivity index (χ4v) is 3.00. The van der Waals surface area contributed by atoms with Crippen molar-refractivity contribution < 1.29 is 19.0 Å². The SMILES string of the molecule is CCCCOc1ccc(NC(=O)/C=C/c2ccc(OC)c(OC)c2)c2cccnc12. The van der Waals surface area contributed by atoms with Gasteiger partial charge in [-0.2, -0.15) is 0 Å². The van der Waals surface area contributed by atoms with E-state index >= 15 is 0 Å². The number of hydrogen-bond donors (Lipinski definition) is 1. The molecule has 2 aromatic carbocycles. The largest absolute Gasteiger partial charge is 0.493 e. The van der Waals surface area contributed by atoms with Crippen molar-refractivity contribution in [2.45, 2.75) is 19.8 Å². The van der Waals surface area contributed by atoms with Gasteiger partial charge in [-0.15, -0.1) is 0 Å². The van der Waals surface area contributed by atoms with Crippen LogP contribution in [0.1, 0.15) is 25.3 Å². The highest BCUT2D eigenvalue weighted by Crippen LogP contribution is 2.30. The van der Waals surface area contributed by atoms with Gasteiger partial charge in [-0.05, 0) is 54.5 Å². The van der Waals surface area contributed by atoms with Gasteiger partial charge in [-0.3, -0.25) is 9.78 Å². The number of fused-ring (bicyclic) bond motifs is 1. The minimum atomic E-state index is -0.241. The van der Waals surface area contributed by atoms with Crippen molar-refractivity contribution >= 4 is 28.6 Å². The summed E-state index contributed by atoms with van der Waals surface area (Å²) in [5, 5.41) is 3.76. The van der Waals surface area contributed by atoms with Gasteiger partial charge in [-0.1, -0.05) is 19.4 Å². The van der Waals surface area contributed by atoms with Gasteiger partial charge in [0.1, 0.15) is 11.3 Å². The predicted octanol–water partition coefficient (Wildman–Crippen LogP) is 5.08. The molecular weight excluding hydrogens is 380 g/mol. The zero-order valence-corrected chi connectivity index (χ0v) is 17.5. The van der Waals surface area contributed by atoms with Crippen LogP contribution in [0.4, 0.5) is 5.69 Å². The van der Waals surface area contributed by atoms with E-state index in [0.717, 1.165) is 35.1 Å². The molecule has 0 saturated heterocycles. The Balaban J connectivity index is 1.77. The van der Waals surface area contributed by atoms with Gasteiger partial charge in [0.15, 0.2) is 11.5 Å². The van der Waals surface area contributed by atoms with Crippen LogP contribution < -0.4 is 19.5 Å². The fourth-order valence-electron chi connectivity index (χ4n) is 3.00. The van der Waals surface area contributed by atoms with E-state index in [1.807, 2.05) is 36.4 Å². The number of pyridine rings is 1. The molecule has 0 unspecified atom stereocenters. The van der Waals surface area contributed by atoms with E-state index in [1.54, 1.807) is 32.6 Å². The molecule has 6 nitrogen and oxygen atoms in total. The smallest absolute Gasteiger partial charge is 0.248 e. The molecule has 0 fully saturated rings. The number of methoxy groups -OCH3 is 2. The highest BCUT2D eigenvalue weighted by Gasteiger charge is 2.10. The number of unbranched alkanes of at least 4 members (excludes halogenated alkanes) is 1. The third-order valence-electron chi connectivity index (χ3n) is 4.58. The van der Waals surface area contributed by atoms with Gasteiger partial charge >= 0.3 is 0 Å². The van der Waals surface area contributed by atoms with E-state index in [-0.39, 0.29) is 5.91 Å². The van der Waals surface area contributed by atoms with Crippen LogP contribution in [0.25, 0.3) is 17.0 Å². The van der Waals surface area contributed by atoms with Gasteiger partial charge in [0, 0.05) is 17.7 Å². The first-order valence-corrected chi connectivity index (χ1v) is 9.88. The van der Waals surface area contributed by atoms with Gasteiger partial charge in [0.05, 0.1) is 26.5 Å². The molecule has 3 rings (SSSR count). The van der Waals surface area contributed by atoms with Crippen LogP contribution in [0.2, 0.25) is 0 Å². The standard InChI is InChI=1S/C24H26N2O4/c1-4-5-15-30-21-12-10-19(18-7-6-14-25-24(18)21)26-23(27)13-9-17-8-11-20(28-2)22(16-17)29-3/h6-14,16H,4-5,15H2,1-3H3,(H,26,27)/b13-9+. The van der Waals surface area contributed by atoms with Gasteiger partial charge < -0.3 is 19.5 Å². The second-order valence-electron chi connectivity index (χ2n) is 6.65. The molecule has 156 valence electrons. The van der Waals surface area contributed by atoms with Crippen molar-refractivity contribution in [2.24, 2.45) is 0 Å². The summed E-state index contributed by atoms with van der Waals surface area (Å²) in [7, 11) is 3.16. The molecule has 1 aromatic heterocycles. The number of nitrogens with one attached hydrogen (secondary N) is 1. The lowest BCUT2D eigenvalue weighted by Gasteiger charge is -2.12. The van der Waals surface area contributed by atoms with Crippen LogP contribution in [0.5, 0.6) is 17.2 Å². The van der Waals surface area contributed by atoms with E-state index < -0.39 is 0 Å². The van der Waals surface area contributed by atoms with Crippen LogP contribution in [-0.2, 0) is 4.79 Å². The molecule has 1 amide bonds. The summed E-state index contributed by atoms with van der Waals surface area (Å²) < 4.78 is 16.4. The maximum absolute atomic E-state index is 12.5. The van der Waals surface area contributed by atoms with Crippen LogP contribution in [0.3, 0.4) is 0 Å². The van der Waals surface area contributed by atoms with Gasteiger partial charge in [0.25, 0.3) is 0 Å². The summed E-state index contributed by atoms with van der Waals surface area (Å²) in [4.78, 5) is 16.9. The molecule has 3 aromatic rings. The van der Waals surface area contributed by atoms with Crippen molar-refractivity contribution in [1.29, 1.82) is 0 Å². The molecule has 0 aliphatic rings. The number of aromatic nitrogens is 1. The summed E-state index contributed by atoms with van der Waals surface area (Å²) in [6.45, 7) is 2.76. The normalized spacial score (nSPS) is 10.9. The minimum absolute atomic E-state index is 0.241. The number of benzene rings is 2. The van der Waals surface area contributed by atoms with Crippen molar-refractivity contribution in [1.82, 2.24) is 4.98 Å². The van der Waals surface area contributed by atoms with E-state index in [1.165, 1.54) is 6.08 Å². The first-order valence-electron chi connectivity index (χ1n) is 9.88. The number of ether oxygens (including phenoxy) is 3. The molecule has 0 aliphatic heterocycles. The second-order valence-corrected chi connectivity index (χ2v) is 6.65. The summed E-state index contributed by atoms with van der Waals surface area (Å²) in [5.74, 6) is 1.72. The first-order chi connectivity index (χ1) is 14.7. The summed E-state index contributed by atoms with van der Waals surface area (Å²) in [5.41, 5.74) is 2.24. The van der Waals surface area contributed by atoms with E-state index in [2.05, 4.69) is 17.2 Å². The van der Waals surface area contributed by atoms with Crippen molar-refractivity contribution in [3.63, 3.8) is 0 Å². The number of rotatable bonds is 9. The second kappa shape index (κ2) is 10.3. The highest BCUT2D eigenvalue weighted by molar-refractivity contribution is 6.07. The maximum Gasteiger partial charge on any atom is 0.248 e. The van der Waals surface area contributed by atoms with E-state index in [4.69, 9.17) is 14.2 Å². The molecular formula is C24H26N2O4. The Labute approximate surface area is 176 Å². The molecule has 30 heavy (non-hydrogen) atoms. The molecule has 6 heteroatoms. The van der Waals surface area contributed by atoms with Gasteiger partial charge in [-0.25, -0.2) is 0 Å². The molecule has 0 saturated carbocycles. The third-order valence-corrected chi connectivity index (χ3v) is 4.58. The van der Waals surface area contributed by atoms with Crippen LogP contribution in [0.15, 0.2) is 54.7 Å². The number of carbonyl (C=O) groups is 1. The molecule has 0 atom stereocenters. The Bertz CT molecular complexity index is 1050.